The third-order valence-corrected chi connectivity index (χ3v) is 5.88. The molecule has 0 aliphatic heterocycles. The van der Waals surface area contributed by atoms with Gasteiger partial charge in [-0.3, -0.25) is 11.3 Å². The van der Waals surface area contributed by atoms with E-state index in [0.29, 0.717) is 6.42 Å². The molecule has 0 aliphatic carbocycles. The highest BCUT2D eigenvalue weighted by atomic mass is 79.9. The molecule has 0 saturated carbocycles. The molecular formula is C13H13Br2FN2S. The average molecular weight is 408 g/mol. The predicted octanol–water partition coefficient (Wildman–Crippen LogP) is 4.47. The van der Waals surface area contributed by atoms with Crippen LogP contribution in [0, 0.1) is 12.7 Å². The van der Waals surface area contributed by atoms with Crippen molar-refractivity contribution in [2.75, 3.05) is 0 Å². The molecule has 2 nitrogen and oxygen atoms in total. The Labute approximate surface area is 132 Å². The fourth-order valence-corrected chi connectivity index (χ4v) is 3.86. The maximum Gasteiger partial charge on any atom is 0.123 e. The smallest absolute Gasteiger partial charge is 0.123 e. The molecule has 2 rings (SSSR count). The first kappa shape index (κ1) is 15.1. The lowest BCUT2D eigenvalue weighted by atomic mass is 10.0. The fraction of sp³-hybridized carbons (Fsp3) is 0.231. The Bertz CT molecular complexity index is 567. The molecular weight excluding hydrogens is 395 g/mol. The average Bonchev–Trinajstić information content (AvgIpc) is 2.70. The van der Waals surface area contributed by atoms with E-state index < -0.39 is 0 Å². The summed E-state index contributed by atoms with van der Waals surface area (Å²) in [5.41, 5.74) is 4.87. The molecule has 1 aromatic heterocycles. The number of halogens is 3. The number of nitrogens with one attached hydrogen (secondary N) is 1. The fourth-order valence-electron chi connectivity index (χ4n) is 1.82. The van der Waals surface area contributed by atoms with E-state index in [1.165, 1.54) is 17.7 Å². The van der Waals surface area contributed by atoms with E-state index in [9.17, 15) is 4.39 Å². The zero-order valence-electron chi connectivity index (χ0n) is 10.2. The van der Waals surface area contributed by atoms with E-state index >= 15 is 0 Å². The van der Waals surface area contributed by atoms with Gasteiger partial charge in [-0.2, -0.15) is 0 Å². The van der Waals surface area contributed by atoms with Crippen LogP contribution in [-0.4, -0.2) is 0 Å². The van der Waals surface area contributed by atoms with Gasteiger partial charge >= 0.3 is 0 Å². The van der Waals surface area contributed by atoms with Crippen LogP contribution in [0.4, 0.5) is 4.39 Å². The normalized spacial score (nSPS) is 12.7. The maximum atomic E-state index is 13.3. The first-order valence-electron chi connectivity index (χ1n) is 5.67. The van der Waals surface area contributed by atoms with Crippen LogP contribution in [0.1, 0.15) is 22.0 Å². The van der Waals surface area contributed by atoms with Crippen molar-refractivity contribution in [2.24, 2.45) is 5.84 Å². The molecule has 0 spiro atoms. The summed E-state index contributed by atoms with van der Waals surface area (Å²) < 4.78 is 15.3. The highest BCUT2D eigenvalue weighted by Gasteiger charge is 2.16. The minimum atomic E-state index is -0.238. The molecule has 6 heteroatoms. The predicted molar refractivity (Wildman–Crippen MR) is 84.6 cm³/mol. The lowest BCUT2D eigenvalue weighted by Crippen LogP contribution is -2.29. The van der Waals surface area contributed by atoms with Gasteiger partial charge in [0.1, 0.15) is 5.82 Å². The van der Waals surface area contributed by atoms with E-state index in [2.05, 4.69) is 43.4 Å². The topological polar surface area (TPSA) is 38.0 Å². The van der Waals surface area contributed by atoms with Crippen LogP contribution >= 0.6 is 43.2 Å². The summed E-state index contributed by atoms with van der Waals surface area (Å²) in [5.74, 6) is 5.39. The molecule has 0 saturated heterocycles. The minimum absolute atomic E-state index is 0.0342. The van der Waals surface area contributed by atoms with Crippen molar-refractivity contribution in [3.63, 3.8) is 0 Å². The van der Waals surface area contributed by atoms with Crippen molar-refractivity contribution in [2.45, 2.75) is 19.4 Å². The van der Waals surface area contributed by atoms with Crippen LogP contribution in [0.5, 0.6) is 0 Å². The molecule has 19 heavy (non-hydrogen) atoms. The Morgan fingerprint density at radius 1 is 1.37 bits per heavy atom. The molecule has 102 valence electrons. The molecule has 0 radical (unpaired) electrons. The summed E-state index contributed by atoms with van der Waals surface area (Å²) in [5, 5.41) is 0. The molecule has 0 bridgehead atoms. The first-order valence-corrected chi connectivity index (χ1v) is 8.07. The highest BCUT2D eigenvalue weighted by molar-refractivity contribution is 9.11. The summed E-state index contributed by atoms with van der Waals surface area (Å²) in [6.45, 7) is 2.04. The van der Waals surface area contributed by atoms with Crippen LogP contribution in [0.15, 0.2) is 32.5 Å². The molecule has 0 aliphatic rings. The van der Waals surface area contributed by atoms with Gasteiger partial charge in [-0.05, 0) is 64.7 Å². The molecule has 1 heterocycles. The Morgan fingerprint density at radius 2 is 2.11 bits per heavy atom. The summed E-state index contributed by atoms with van der Waals surface area (Å²) in [6, 6.07) is 6.74. The number of hydrogen-bond acceptors (Lipinski definition) is 3. The monoisotopic (exact) mass is 406 g/mol. The van der Waals surface area contributed by atoms with Gasteiger partial charge in [-0.15, -0.1) is 11.3 Å². The van der Waals surface area contributed by atoms with Crippen molar-refractivity contribution in [1.82, 2.24) is 5.43 Å². The lowest BCUT2D eigenvalue weighted by Gasteiger charge is -2.15. The van der Waals surface area contributed by atoms with E-state index in [0.717, 1.165) is 18.7 Å². The summed E-state index contributed by atoms with van der Waals surface area (Å²) in [6.07, 6.45) is 0.626. The second kappa shape index (κ2) is 6.45. The quantitative estimate of drug-likeness (QED) is 0.579. The number of hydrazine groups is 1. The van der Waals surface area contributed by atoms with Gasteiger partial charge in [-0.1, -0.05) is 15.9 Å². The zero-order valence-corrected chi connectivity index (χ0v) is 14.2. The minimum Gasteiger partial charge on any atom is -0.271 e. The van der Waals surface area contributed by atoms with Crippen molar-refractivity contribution < 1.29 is 4.39 Å². The van der Waals surface area contributed by atoms with Crippen molar-refractivity contribution in [3.8, 4) is 0 Å². The van der Waals surface area contributed by atoms with Gasteiger partial charge in [0, 0.05) is 9.35 Å². The van der Waals surface area contributed by atoms with Gasteiger partial charge in [0.2, 0.25) is 0 Å². The Kier molecular flexibility index (Phi) is 5.14. The van der Waals surface area contributed by atoms with Crippen LogP contribution in [0.2, 0.25) is 0 Å². The maximum absolute atomic E-state index is 13.3. The third kappa shape index (κ3) is 3.64. The zero-order chi connectivity index (χ0) is 14.0. The van der Waals surface area contributed by atoms with E-state index in [4.69, 9.17) is 5.84 Å². The van der Waals surface area contributed by atoms with E-state index in [-0.39, 0.29) is 11.9 Å². The number of rotatable bonds is 4. The molecule has 1 aromatic carbocycles. The SMILES string of the molecule is Cc1cc(C(Cc2cc(F)ccc2Br)NN)sc1Br. The Balaban J connectivity index is 2.26. The van der Waals surface area contributed by atoms with Gasteiger partial charge in [-0.25, -0.2) is 4.39 Å². The van der Waals surface area contributed by atoms with Crippen molar-refractivity contribution in [3.05, 3.63) is 54.3 Å². The highest BCUT2D eigenvalue weighted by Crippen LogP contribution is 2.33. The van der Waals surface area contributed by atoms with Gasteiger partial charge < -0.3 is 0 Å². The summed E-state index contributed by atoms with van der Waals surface area (Å²) in [4.78, 5) is 1.13. The van der Waals surface area contributed by atoms with Crippen molar-refractivity contribution in [1.29, 1.82) is 0 Å². The molecule has 0 amide bonds. The number of nitrogens with two attached hydrogens (primary N) is 1. The van der Waals surface area contributed by atoms with Crippen LogP contribution in [0.3, 0.4) is 0 Å². The molecule has 1 unspecified atom stereocenters. The number of thiophene rings is 1. The number of hydrogen-bond donors (Lipinski definition) is 2. The molecule has 3 N–H and O–H groups in total. The van der Waals surface area contributed by atoms with Gasteiger partial charge in [0.05, 0.1) is 9.83 Å². The molecule has 1 atom stereocenters. The lowest BCUT2D eigenvalue weighted by molar-refractivity contribution is 0.555. The third-order valence-electron chi connectivity index (χ3n) is 2.85. The number of benzene rings is 1. The second-order valence-corrected chi connectivity index (χ2v) is 7.52. The van der Waals surface area contributed by atoms with E-state index in [1.807, 2.05) is 6.92 Å². The van der Waals surface area contributed by atoms with Crippen LogP contribution in [0.25, 0.3) is 0 Å². The van der Waals surface area contributed by atoms with Crippen LogP contribution in [-0.2, 0) is 6.42 Å². The number of aryl methyl sites for hydroxylation is 1. The van der Waals surface area contributed by atoms with Crippen molar-refractivity contribution >= 4 is 43.2 Å². The second-order valence-electron chi connectivity index (χ2n) is 4.26. The molecule has 2 aromatic rings. The standard InChI is InChI=1S/C13H13Br2FN2S/c1-7-4-12(19-13(7)15)11(18-17)6-8-5-9(16)2-3-10(8)14/h2-5,11,18H,6,17H2,1H3. The van der Waals surface area contributed by atoms with Gasteiger partial charge in [0.25, 0.3) is 0 Å². The first-order chi connectivity index (χ1) is 9.01. The molecule has 0 fully saturated rings. The Hall–Kier alpha value is -0.270. The van der Waals surface area contributed by atoms with Gasteiger partial charge in [0.15, 0.2) is 0 Å². The largest absolute Gasteiger partial charge is 0.271 e. The summed E-state index contributed by atoms with van der Waals surface area (Å²) >= 11 is 8.59. The Morgan fingerprint density at radius 3 is 2.68 bits per heavy atom. The van der Waals surface area contributed by atoms with Crippen LogP contribution < -0.4 is 11.3 Å². The van der Waals surface area contributed by atoms with E-state index in [1.54, 1.807) is 17.4 Å². The summed E-state index contributed by atoms with van der Waals surface area (Å²) in [7, 11) is 0.